The van der Waals surface area contributed by atoms with Crippen molar-refractivity contribution in [2.24, 2.45) is 0 Å². The predicted molar refractivity (Wildman–Crippen MR) is 63.8 cm³/mol. The zero-order valence-electron chi connectivity index (χ0n) is 9.19. The molecule has 0 saturated heterocycles. The molecule has 0 aliphatic heterocycles. The van der Waals surface area contributed by atoms with Gasteiger partial charge >= 0.3 is 0 Å². The molecule has 0 radical (unpaired) electrons. The van der Waals surface area contributed by atoms with Crippen LogP contribution in [0.5, 0.6) is 0 Å². The standard InChI is InChI=1S/C13H15NO2/c1-3-9-14(10-4-2)13(16)11-5-7-12(15)8-6-11/h3-7H,1-2,8-10H2. The second-order valence-electron chi connectivity index (χ2n) is 3.45. The fourth-order valence-corrected chi connectivity index (χ4v) is 1.42. The minimum absolute atomic E-state index is 0.0236. The molecule has 0 fully saturated rings. The monoisotopic (exact) mass is 217 g/mol. The molecule has 0 aromatic rings. The van der Waals surface area contributed by atoms with Crippen molar-refractivity contribution in [1.29, 1.82) is 0 Å². The summed E-state index contributed by atoms with van der Waals surface area (Å²) >= 11 is 0. The third-order valence-electron chi connectivity index (χ3n) is 2.21. The first-order chi connectivity index (χ1) is 7.69. The Labute approximate surface area is 95.4 Å². The van der Waals surface area contributed by atoms with Crippen LogP contribution in [0, 0.1) is 0 Å². The second-order valence-corrected chi connectivity index (χ2v) is 3.45. The van der Waals surface area contributed by atoms with E-state index < -0.39 is 0 Å². The van der Waals surface area contributed by atoms with Crippen LogP contribution in [0.4, 0.5) is 0 Å². The van der Waals surface area contributed by atoms with Crippen molar-refractivity contribution in [2.45, 2.75) is 6.42 Å². The Bertz CT molecular complexity index is 367. The molecule has 0 saturated carbocycles. The molecule has 0 spiro atoms. The van der Waals surface area contributed by atoms with Crippen molar-refractivity contribution >= 4 is 11.7 Å². The van der Waals surface area contributed by atoms with Crippen molar-refractivity contribution in [3.05, 3.63) is 49.1 Å². The van der Waals surface area contributed by atoms with Gasteiger partial charge in [-0.25, -0.2) is 0 Å². The van der Waals surface area contributed by atoms with Crippen molar-refractivity contribution in [3.63, 3.8) is 0 Å². The molecule has 84 valence electrons. The number of allylic oxidation sites excluding steroid dienone is 2. The minimum atomic E-state index is -0.0939. The summed E-state index contributed by atoms with van der Waals surface area (Å²) in [6, 6.07) is 0. The van der Waals surface area contributed by atoms with Crippen molar-refractivity contribution in [3.8, 4) is 0 Å². The van der Waals surface area contributed by atoms with E-state index in [9.17, 15) is 9.59 Å². The van der Waals surface area contributed by atoms with Crippen LogP contribution in [0.25, 0.3) is 0 Å². The number of nitrogens with zero attached hydrogens (tertiary/aromatic N) is 1. The molecule has 0 N–H and O–H groups in total. The van der Waals surface area contributed by atoms with E-state index in [0.717, 1.165) is 0 Å². The van der Waals surface area contributed by atoms with Gasteiger partial charge in [0.25, 0.3) is 5.91 Å². The van der Waals surface area contributed by atoms with Crippen LogP contribution >= 0.6 is 0 Å². The van der Waals surface area contributed by atoms with Gasteiger partial charge in [-0.1, -0.05) is 18.2 Å². The normalized spacial score (nSPS) is 14.2. The summed E-state index contributed by atoms with van der Waals surface area (Å²) in [7, 11) is 0. The first kappa shape index (κ1) is 12.2. The number of rotatable bonds is 5. The highest BCUT2D eigenvalue weighted by Crippen LogP contribution is 2.11. The summed E-state index contributed by atoms with van der Waals surface area (Å²) in [6.45, 7) is 8.16. The van der Waals surface area contributed by atoms with Gasteiger partial charge in [-0.15, -0.1) is 13.2 Å². The smallest absolute Gasteiger partial charge is 0.254 e. The lowest BCUT2D eigenvalue weighted by atomic mass is 10.1. The van der Waals surface area contributed by atoms with Crippen LogP contribution in [0.1, 0.15) is 6.42 Å². The number of carbonyl (C=O) groups excluding carboxylic acids is 2. The van der Waals surface area contributed by atoms with Gasteiger partial charge < -0.3 is 4.90 Å². The number of carbonyl (C=O) groups is 2. The first-order valence-electron chi connectivity index (χ1n) is 5.11. The van der Waals surface area contributed by atoms with E-state index in [0.29, 0.717) is 25.1 Å². The topological polar surface area (TPSA) is 37.4 Å². The van der Waals surface area contributed by atoms with Gasteiger partial charge in [0.05, 0.1) is 0 Å². The Morgan fingerprint density at radius 3 is 2.38 bits per heavy atom. The maximum absolute atomic E-state index is 12.0. The maximum atomic E-state index is 12.0. The molecule has 0 atom stereocenters. The zero-order chi connectivity index (χ0) is 12.0. The fraction of sp³-hybridized carbons (Fsp3) is 0.231. The molecule has 1 rings (SSSR count). The lowest BCUT2D eigenvalue weighted by Gasteiger charge is -2.20. The summed E-state index contributed by atoms with van der Waals surface area (Å²) < 4.78 is 0. The Morgan fingerprint density at radius 2 is 1.94 bits per heavy atom. The van der Waals surface area contributed by atoms with Crippen LogP contribution in [0.15, 0.2) is 49.1 Å². The maximum Gasteiger partial charge on any atom is 0.254 e. The fourth-order valence-electron chi connectivity index (χ4n) is 1.42. The van der Waals surface area contributed by atoms with Crippen molar-refractivity contribution in [1.82, 2.24) is 4.90 Å². The van der Waals surface area contributed by atoms with Gasteiger partial charge in [0.15, 0.2) is 5.78 Å². The van der Waals surface area contributed by atoms with Gasteiger partial charge in [-0.2, -0.15) is 0 Å². The summed E-state index contributed by atoms with van der Waals surface area (Å²) in [6.07, 6.45) is 8.29. The summed E-state index contributed by atoms with van der Waals surface area (Å²) in [5.74, 6) is -0.0703. The molecule has 3 heteroatoms. The average molecular weight is 217 g/mol. The van der Waals surface area contributed by atoms with Crippen molar-refractivity contribution < 1.29 is 9.59 Å². The molecule has 0 aromatic heterocycles. The van der Waals surface area contributed by atoms with Crippen LogP contribution in [-0.4, -0.2) is 29.7 Å². The summed E-state index contributed by atoms with van der Waals surface area (Å²) in [5, 5.41) is 0. The molecule has 1 amide bonds. The van der Waals surface area contributed by atoms with E-state index in [1.165, 1.54) is 6.08 Å². The van der Waals surface area contributed by atoms with E-state index in [-0.39, 0.29) is 11.7 Å². The van der Waals surface area contributed by atoms with Crippen LogP contribution < -0.4 is 0 Å². The SMILES string of the molecule is C=CCN(CC=C)C(=O)C1=CCC(=O)C=C1. The molecule has 0 bridgehead atoms. The Kier molecular flexibility index (Phi) is 4.45. The van der Waals surface area contributed by atoms with Gasteiger partial charge in [-0.3, -0.25) is 9.59 Å². The van der Waals surface area contributed by atoms with Crippen LogP contribution in [-0.2, 0) is 9.59 Å². The third kappa shape index (κ3) is 3.05. The molecular weight excluding hydrogens is 202 g/mol. The molecule has 16 heavy (non-hydrogen) atoms. The second kappa shape index (κ2) is 5.85. The minimum Gasteiger partial charge on any atom is -0.331 e. The Hall–Kier alpha value is -1.90. The predicted octanol–water partition coefficient (Wildman–Crippen LogP) is 1.64. The van der Waals surface area contributed by atoms with Gasteiger partial charge in [-0.05, 0) is 12.2 Å². The highest BCUT2D eigenvalue weighted by atomic mass is 16.2. The zero-order valence-corrected chi connectivity index (χ0v) is 9.19. The molecule has 3 nitrogen and oxygen atoms in total. The average Bonchev–Trinajstić information content (AvgIpc) is 2.29. The van der Waals surface area contributed by atoms with E-state index in [1.807, 2.05) is 0 Å². The van der Waals surface area contributed by atoms with Crippen molar-refractivity contribution in [2.75, 3.05) is 13.1 Å². The highest BCUT2D eigenvalue weighted by Gasteiger charge is 2.16. The summed E-state index contributed by atoms with van der Waals surface area (Å²) in [5.41, 5.74) is 0.559. The molecule has 1 aliphatic carbocycles. The number of ketones is 1. The van der Waals surface area contributed by atoms with Gasteiger partial charge in [0.1, 0.15) is 0 Å². The van der Waals surface area contributed by atoms with Gasteiger partial charge in [0, 0.05) is 25.1 Å². The van der Waals surface area contributed by atoms with Gasteiger partial charge in [0.2, 0.25) is 0 Å². The molecule has 1 aliphatic rings. The Balaban J connectivity index is 2.74. The number of hydrogen-bond donors (Lipinski definition) is 0. The quantitative estimate of drug-likeness (QED) is 0.656. The molecule has 0 heterocycles. The highest BCUT2D eigenvalue weighted by molar-refractivity contribution is 6.02. The molecular formula is C13H15NO2. The largest absolute Gasteiger partial charge is 0.331 e. The van der Waals surface area contributed by atoms with E-state index >= 15 is 0 Å². The van der Waals surface area contributed by atoms with E-state index in [1.54, 1.807) is 29.2 Å². The van der Waals surface area contributed by atoms with Crippen LogP contribution in [0.2, 0.25) is 0 Å². The van der Waals surface area contributed by atoms with Crippen LogP contribution in [0.3, 0.4) is 0 Å². The summed E-state index contributed by atoms with van der Waals surface area (Å²) in [4.78, 5) is 24.6. The lowest BCUT2D eigenvalue weighted by Crippen LogP contribution is -2.32. The molecule has 0 unspecified atom stereocenters. The number of hydrogen-bond acceptors (Lipinski definition) is 2. The lowest BCUT2D eigenvalue weighted by molar-refractivity contribution is -0.125. The van der Waals surface area contributed by atoms with E-state index in [4.69, 9.17) is 0 Å². The third-order valence-corrected chi connectivity index (χ3v) is 2.21. The number of amides is 1. The molecule has 0 aromatic carbocycles. The Morgan fingerprint density at radius 1 is 1.31 bits per heavy atom. The first-order valence-corrected chi connectivity index (χ1v) is 5.11. The van der Waals surface area contributed by atoms with E-state index in [2.05, 4.69) is 13.2 Å².